The first-order valence-corrected chi connectivity index (χ1v) is 7.15. The average Bonchev–Trinajstić information content (AvgIpc) is 2.59. The van der Waals surface area contributed by atoms with Crippen molar-refractivity contribution in [3.8, 4) is 0 Å². The number of aliphatic imine (C=N–C) groups is 1. The largest absolute Gasteiger partial charge is 0.399 e. The van der Waals surface area contributed by atoms with Gasteiger partial charge >= 0.3 is 0 Å². The third kappa shape index (κ3) is 3.59. The Labute approximate surface area is 134 Å². The quantitative estimate of drug-likeness (QED) is 0.315. The molecule has 0 radical (unpaired) electrons. The van der Waals surface area contributed by atoms with Gasteiger partial charge in [-0.15, -0.1) is 5.11 Å². The molecule has 0 aliphatic carbocycles. The molecule has 23 heavy (non-hydrogen) atoms. The molecular weight excluding hydrogens is 288 g/mol. The lowest BCUT2D eigenvalue weighted by Crippen LogP contribution is -1.93. The summed E-state index contributed by atoms with van der Waals surface area (Å²) < 4.78 is 0. The summed E-state index contributed by atoms with van der Waals surface area (Å²) in [6.45, 7) is 1.98. The normalized spacial score (nSPS) is 11.6. The van der Waals surface area contributed by atoms with E-state index in [1.165, 1.54) is 11.8 Å². The maximum Gasteiger partial charge on any atom is 0.201 e. The van der Waals surface area contributed by atoms with Crippen molar-refractivity contribution in [3.63, 3.8) is 0 Å². The maximum atomic E-state index is 4.98. The van der Waals surface area contributed by atoms with Crippen molar-refractivity contribution in [2.75, 3.05) is 0 Å². The second-order valence-electron chi connectivity index (χ2n) is 5.09. The molecule has 3 aromatic rings. The molecule has 0 atom stereocenters. The molecule has 3 rings (SSSR count). The van der Waals surface area contributed by atoms with Gasteiger partial charge in [-0.05, 0) is 47.5 Å². The zero-order valence-electron chi connectivity index (χ0n) is 12.7. The summed E-state index contributed by atoms with van der Waals surface area (Å²) in [6.07, 6.45) is 1.17. The van der Waals surface area contributed by atoms with Gasteiger partial charge in [0.05, 0.1) is 11.4 Å². The zero-order valence-corrected chi connectivity index (χ0v) is 12.7. The maximum absolute atomic E-state index is 4.98. The summed E-state index contributed by atoms with van der Waals surface area (Å²) in [4.78, 5) is 8.51. The summed E-state index contributed by atoms with van der Waals surface area (Å²) in [7, 11) is 0. The highest BCUT2D eigenvalue weighted by Crippen LogP contribution is 2.31. The first-order chi connectivity index (χ1) is 11.3. The van der Waals surface area contributed by atoms with Gasteiger partial charge in [0.25, 0.3) is 0 Å². The number of rotatable bonds is 4. The SMILES string of the molecule is Cc1ccc(N=Nc2ccc3ccccc3c2)c(N=CON)c1. The Morgan fingerprint density at radius 3 is 2.52 bits per heavy atom. The number of benzene rings is 3. The van der Waals surface area contributed by atoms with Crippen LogP contribution in [0.25, 0.3) is 10.8 Å². The van der Waals surface area contributed by atoms with E-state index in [9.17, 15) is 0 Å². The second kappa shape index (κ2) is 6.81. The van der Waals surface area contributed by atoms with Gasteiger partial charge in [0, 0.05) is 0 Å². The molecule has 0 saturated carbocycles. The van der Waals surface area contributed by atoms with Gasteiger partial charge in [0.1, 0.15) is 5.69 Å². The average molecular weight is 304 g/mol. The predicted octanol–water partition coefficient (Wildman–Crippen LogP) is 5.11. The van der Waals surface area contributed by atoms with E-state index in [4.69, 9.17) is 5.90 Å². The molecule has 0 aliphatic rings. The van der Waals surface area contributed by atoms with Crippen LogP contribution in [0.5, 0.6) is 0 Å². The van der Waals surface area contributed by atoms with Crippen LogP contribution in [0.4, 0.5) is 17.1 Å². The first-order valence-electron chi connectivity index (χ1n) is 7.15. The van der Waals surface area contributed by atoms with E-state index in [0.29, 0.717) is 11.4 Å². The molecule has 0 aromatic heterocycles. The molecule has 3 aromatic carbocycles. The molecule has 0 aliphatic heterocycles. The topological polar surface area (TPSA) is 72.3 Å². The predicted molar refractivity (Wildman–Crippen MR) is 92.7 cm³/mol. The third-order valence-electron chi connectivity index (χ3n) is 3.39. The van der Waals surface area contributed by atoms with E-state index >= 15 is 0 Å². The van der Waals surface area contributed by atoms with Gasteiger partial charge in [-0.1, -0.05) is 36.4 Å². The van der Waals surface area contributed by atoms with Crippen LogP contribution in [0.15, 0.2) is 75.9 Å². The van der Waals surface area contributed by atoms with Crippen molar-refractivity contribution >= 4 is 34.2 Å². The first kappa shape index (κ1) is 14.9. The van der Waals surface area contributed by atoms with Gasteiger partial charge in [0.2, 0.25) is 6.40 Å². The van der Waals surface area contributed by atoms with E-state index in [2.05, 4.69) is 32.2 Å². The summed E-state index contributed by atoms with van der Waals surface area (Å²) in [5.41, 5.74) is 3.16. The number of nitrogens with two attached hydrogens (primary N) is 1. The molecule has 0 saturated heterocycles. The van der Waals surface area contributed by atoms with Crippen LogP contribution in [0.3, 0.4) is 0 Å². The van der Waals surface area contributed by atoms with Crippen molar-refractivity contribution in [1.29, 1.82) is 0 Å². The Balaban J connectivity index is 1.93. The lowest BCUT2D eigenvalue weighted by atomic mass is 10.1. The van der Waals surface area contributed by atoms with Crippen LogP contribution < -0.4 is 5.90 Å². The monoisotopic (exact) mass is 304 g/mol. The van der Waals surface area contributed by atoms with Gasteiger partial charge in [0.15, 0.2) is 0 Å². The highest BCUT2D eigenvalue weighted by Gasteiger charge is 2.01. The number of nitrogens with zero attached hydrogens (tertiary/aromatic N) is 3. The van der Waals surface area contributed by atoms with Crippen LogP contribution in [0.2, 0.25) is 0 Å². The molecule has 0 fully saturated rings. The highest BCUT2D eigenvalue weighted by atomic mass is 16.6. The van der Waals surface area contributed by atoms with Crippen LogP contribution in [0.1, 0.15) is 5.56 Å². The lowest BCUT2D eigenvalue weighted by molar-refractivity contribution is 0.338. The molecular formula is C18H16N4O. The van der Waals surface area contributed by atoms with Crippen molar-refractivity contribution in [1.82, 2.24) is 0 Å². The fraction of sp³-hybridized carbons (Fsp3) is 0.0556. The van der Waals surface area contributed by atoms with Crippen LogP contribution in [0, 0.1) is 6.92 Å². The summed E-state index contributed by atoms with van der Waals surface area (Å²) in [6, 6.07) is 19.8. The summed E-state index contributed by atoms with van der Waals surface area (Å²) in [5, 5.41) is 10.9. The summed E-state index contributed by atoms with van der Waals surface area (Å²) >= 11 is 0. The van der Waals surface area contributed by atoms with Crippen LogP contribution in [-0.2, 0) is 4.84 Å². The van der Waals surface area contributed by atoms with Gasteiger partial charge < -0.3 is 4.84 Å². The van der Waals surface area contributed by atoms with Crippen molar-refractivity contribution in [2.24, 2.45) is 21.1 Å². The lowest BCUT2D eigenvalue weighted by Gasteiger charge is -2.01. The number of hydrogen-bond acceptors (Lipinski definition) is 5. The number of aryl methyl sites for hydroxylation is 1. The molecule has 5 heteroatoms. The second-order valence-corrected chi connectivity index (χ2v) is 5.09. The van der Waals surface area contributed by atoms with Crippen molar-refractivity contribution in [3.05, 3.63) is 66.2 Å². The van der Waals surface area contributed by atoms with Crippen LogP contribution >= 0.6 is 0 Å². The summed E-state index contributed by atoms with van der Waals surface area (Å²) in [5.74, 6) is 4.98. The standard InChI is InChI=1S/C18H16N4O/c1-13-6-9-17(18(10-13)20-12-23-19)22-21-16-8-7-14-4-2-3-5-15(14)11-16/h2-12H,19H2,1H3. The Morgan fingerprint density at radius 1 is 0.870 bits per heavy atom. The van der Waals surface area contributed by atoms with E-state index < -0.39 is 0 Å². The minimum atomic E-state index is 0.650. The highest BCUT2D eigenvalue weighted by molar-refractivity contribution is 5.85. The number of fused-ring (bicyclic) bond motifs is 1. The molecule has 0 heterocycles. The third-order valence-corrected chi connectivity index (χ3v) is 3.39. The van der Waals surface area contributed by atoms with E-state index in [1.807, 2.05) is 55.5 Å². The van der Waals surface area contributed by atoms with E-state index in [1.54, 1.807) is 0 Å². The van der Waals surface area contributed by atoms with Crippen molar-refractivity contribution < 1.29 is 4.84 Å². The molecule has 114 valence electrons. The molecule has 0 spiro atoms. The molecule has 0 amide bonds. The fourth-order valence-electron chi connectivity index (χ4n) is 2.26. The van der Waals surface area contributed by atoms with Crippen LogP contribution in [-0.4, -0.2) is 6.40 Å². The Hall–Kier alpha value is -3.05. The Morgan fingerprint density at radius 2 is 1.70 bits per heavy atom. The van der Waals surface area contributed by atoms with Gasteiger partial charge in [-0.25, -0.2) is 4.99 Å². The minimum Gasteiger partial charge on any atom is -0.399 e. The van der Waals surface area contributed by atoms with Crippen molar-refractivity contribution in [2.45, 2.75) is 6.92 Å². The Bertz CT molecular complexity index is 887. The zero-order chi connectivity index (χ0) is 16.1. The van der Waals surface area contributed by atoms with E-state index in [-0.39, 0.29) is 0 Å². The minimum absolute atomic E-state index is 0.650. The Kier molecular flexibility index (Phi) is 4.40. The smallest absolute Gasteiger partial charge is 0.201 e. The van der Waals surface area contributed by atoms with Gasteiger partial charge in [-0.3, -0.25) is 0 Å². The van der Waals surface area contributed by atoms with Gasteiger partial charge in [-0.2, -0.15) is 11.0 Å². The van der Waals surface area contributed by atoms with E-state index in [0.717, 1.165) is 16.6 Å². The number of hydrogen-bond donors (Lipinski definition) is 1. The molecule has 0 unspecified atom stereocenters. The number of azo groups is 1. The molecule has 2 N–H and O–H groups in total. The molecule has 0 bridgehead atoms. The molecule has 5 nitrogen and oxygen atoms in total. The fourth-order valence-corrected chi connectivity index (χ4v) is 2.26.